The van der Waals surface area contributed by atoms with Gasteiger partial charge in [-0.25, -0.2) is 4.79 Å². The molecule has 0 aliphatic heterocycles. The predicted octanol–water partition coefficient (Wildman–Crippen LogP) is 7.83. The molecule has 8 bridgehead atoms. The van der Waals surface area contributed by atoms with Crippen LogP contribution < -0.4 is 18.9 Å². The van der Waals surface area contributed by atoms with Gasteiger partial charge in [0.1, 0.15) is 23.0 Å². The minimum Gasteiger partial charge on any atom is -0.493 e. The van der Waals surface area contributed by atoms with Crippen molar-refractivity contribution in [2.45, 2.75) is 65.7 Å². The molecule has 300 valence electrons. The number of fused-ring (bicyclic) bond motifs is 8. The summed E-state index contributed by atoms with van der Waals surface area (Å²) in [5.41, 5.74) is 0.0912. The molecule has 18 heteroatoms. The molecule has 1 aliphatic rings. The van der Waals surface area contributed by atoms with E-state index in [9.17, 15) is 50.4 Å². The molecule has 0 amide bonds. The maximum absolute atomic E-state index is 12.4. The van der Waals surface area contributed by atoms with Crippen molar-refractivity contribution in [1.82, 2.24) is 0 Å². The van der Waals surface area contributed by atoms with E-state index in [0.717, 1.165) is 0 Å². The molecule has 0 aromatic heterocycles. The Kier molecular flexibility index (Phi) is 13.2. The monoisotopic (exact) mass is 788 g/mol. The molecule has 0 unspecified atom stereocenters. The molecular weight excluding hydrogens is 748 g/mol. The Morgan fingerprint density at radius 3 is 0.860 bits per heavy atom. The summed E-state index contributed by atoms with van der Waals surface area (Å²) in [4.78, 5) is 59.0. The van der Waals surface area contributed by atoms with Gasteiger partial charge in [0.25, 0.3) is 22.7 Å². The number of nitrogens with zero attached hydrogens (tertiary/aromatic N) is 4. The summed E-state index contributed by atoms with van der Waals surface area (Å²) in [6.07, 6.45) is 0.631. The van der Waals surface area contributed by atoms with E-state index in [1.807, 2.05) is 20.8 Å². The molecular formula is C39H40N4O14. The second-order valence-electron chi connectivity index (χ2n) is 13.3. The molecule has 4 aromatic rings. The number of hydrogen-bond acceptors (Lipinski definition) is 13. The van der Waals surface area contributed by atoms with Gasteiger partial charge >= 0.3 is 5.97 Å². The molecule has 0 saturated carbocycles. The van der Waals surface area contributed by atoms with E-state index in [-0.39, 0.29) is 130 Å². The number of nitro groups is 4. The predicted molar refractivity (Wildman–Crippen MR) is 204 cm³/mol. The van der Waals surface area contributed by atoms with Gasteiger partial charge in [-0.3, -0.25) is 40.5 Å². The van der Waals surface area contributed by atoms with Crippen LogP contribution in [0.25, 0.3) is 0 Å². The van der Waals surface area contributed by atoms with Crippen molar-refractivity contribution in [1.29, 1.82) is 0 Å². The summed E-state index contributed by atoms with van der Waals surface area (Å²) in [5, 5.41) is 59.3. The fourth-order valence-electron chi connectivity index (χ4n) is 6.72. The van der Waals surface area contributed by atoms with Crippen LogP contribution in [0.1, 0.15) is 84.5 Å². The summed E-state index contributed by atoms with van der Waals surface area (Å²) in [6.45, 7) is 5.16. The molecule has 0 saturated heterocycles. The van der Waals surface area contributed by atoms with Gasteiger partial charge in [0.15, 0.2) is 6.61 Å². The number of carbonyl (C=O) groups is 1. The zero-order valence-corrected chi connectivity index (χ0v) is 31.4. The lowest BCUT2D eigenvalue weighted by Gasteiger charge is -2.22. The Hall–Kier alpha value is -6.85. The zero-order valence-electron chi connectivity index (χ0n) is 31.4. The molecule has 4 aromatic carbocycles. The molecule has 0 atom stereocenters. The maximum atomic E-state index is 12.4. The van der Waals surface area contributed by atoms with Gasteiger partial charge in [-0.1, -0.05) is 20.8 Å². The third-order valence-electron chi connectivity index (χ3n) is 8.97. The van der Waals surface area contributed by atoms with Gasteiger partial charge in [0, 0.05) is 119 Å². The average Bonchev–Trinajstić information content (AvgIpc) is 3.15. The molecule has 57 heavy (non-hydrogen) atoms. The number of benzene rings is 4. The Balaban J connectivity index is 1.98. The lowest BCUT2D eigenvalue weighted by atomic mass is 9.90. The van der Waals surface area contributed by atoms with Crippen LogP contribution in [0.2, 0.25) is 0 Å². The second kappa shape index (κ2) is 18.2. The molecule has 0 spiro atoms. The first-order chi connectivity index (χ1) is 27.2. The van der Waals surface area contributed by atoms with Crippen LogP contribution in [0, 0.1) is 40.5 Å². The Labute approximate surface area is 325 Å². The van der Waals surface area contributed by atoms with Crippen LogP contribution in [0.15, 0.2) is 48.5 Å². The highest BCUT2D eigenvalue weighted by Crippen LogP contribution is 2.43. The number of carboxylic acid groups (broad SMARTS) is 1. The van der Waals surface area contributed by atoms with Gasteiger partial charge in [-0.2, -0.15) is 0 Å². The van der Waals surface area contributed by atoms with Crippen molar-refractivity contribution in [3.63, 3.8) is 0 Å². The molecule has 0 heterocycles. The second-order valence-corrected chi connectivity index (χ2v) is 13.3. The SMILES string of the molecule is CCCOc1c2cc([N+](=O)[O-])cc1Cc1cc([N+](=O)[O-])cc(c1OCCC)Cc1cc([N+](=O)[O-])cc(c1OCC(=O)O)Cc1cc([N+](=O)[O-])cc(c1OCCC)C2. The highest BCUT2D eigenvalue weighted by atomic mass is 16.6. The van der Waals surface area contributed by atoms with E-state index >= 15 is 0 Å². The Morgan fingerprint density at radius 2 is 0.684 bits per heavy atom. The van der Waals surface area contributed by atoms with Crippen molar-refractivity contribution in [3.8, 4) is 23.0 Å². The highest BCUT2D eigenvalue weighted by Gasteiger charge is 2.29. The van der Waals surface area contributed by atoms with Crippen LogP contribution >= 0.6 is 0 Å². The zero-order chi connectivity index (χ0) is 41.4. The lowest BCUT2D eigenvalue weighted by Crippen LogP contribution is -2.14. The number of rotatable bonds is 16. The first-order valence-electron chi connectivity index (χ1n) is 18.2. The lowest BCUT2D eigenvalue weighted by molar-refractivity contribution is -0.385. The average molecular weight is 789 g/mol. The van der Waals surface area contributed by atoms with E-state index in [1.54, 1.807) is 0 Å². The summed E-state index contributed by atoms with van der Waals surface area (Å²) in [6, 6.07) is 10.00. The van der Waals surface area contributed by atoms with E-state index in [2.05, 4.69) is 0 Å². The van der Waals surface area contributed by atoms with Gasteiger partial charge in [0.2, 0.25) is 0 Å². The standard InChI is InChI=1S/C39H40N4O14/c1-4-7-54-36-23-10-25-16-32(41(48)49)18-27(37(25)55-8-5-2)12-29-20-34(43(52)53)21-30(39(29)57-22-35(44)45)13-28-19-33(42(50)51)17-26(38(28)56-9-6-3)11-24(36)15-31(14-23)40(46)47/h14-21H,4-13,22H2,1-3H3,(H,44,45). The Bertz CT molecular complexity index is 2120. The number of ether oxygens (including phenoxy) is 4. The van der Waals surface area contributed by atoms with Crippen molar-refractivity contribution in [2.75, 3.05) is 26.4 Å². The third-order valence-corrected chi connectivity index (χ3v) is 8.97. The van der Waals surface area contributed by atoms with Gasteiger partial charge < -0.3 is 24.1 Å². The molecule has 18 nitrogen and oxygen atoms in total. The first kappa shape index (κ1) is 41.3. The molecule has 1 N–H and O–H groups in total. The van der Waals surface area contributed by atoms with Crippen LogP contribution in [-0.2, 0) is 30.5 Å². The van der Waals surface area contributed by atoms with Crippen LogP contribution in [0.5, 0.6) is 23.0 Å². The topological polar surface area (TPSA) is 247 Å². The molecule has 5 rings (SSSR count). The Morgan fingerprint density at radius 1 is 0.474 bits per heavy atom. The van der Waals surface area contributed by atoms with Crippen molar-refractivity contribution < 1.29 is 48.5 Å². The normalized spacial score (nSPS) is 12.0. The van der Waals surface area contributed by atoms with Crippen molar-refractivity contribution >= 4 is 28.7 Å². The first-order valence-corrected chi connectivity index (χ1v) is 18.2. The number of nitro benzene ring substituents is 4. The summed E-state index contributed by atoms with van der Waals surface area (Å²) in [5.74, 6) is -0.855. The fourth-order valence-corrected chi connectivity index (χ4v) is 6.72. The highest BCUT2D eigenvalue weighted by molar-refractivity contribution is 5.69. The quantitative estimate of drug-likeness (QED) is 0.0739. The van der Waals surface area contributed by atoms with Crippen LogP contribution in [0.3, 0.4) is 0 Å². The fraction of sp³-hybridized carbons (Fsp3) is 0.359. The number of hydrogen-bond donors (Lipinski definition) is 1. The summed E-state index contributed by atoms with van der Waals surface area (Å²) >= 11 is 0. The van der Waals surface area contributed by atoms with Gasteiger partial charge in [-0.15, -0.1) is 0 Å². The smallest absolute Gasteiger partial charge is 0.341 e. The minimum absolute atomic E-state index is 0.0756. The van der Waals surface area contributed by atoms with Crippen LogP contribution in [-0.4, -0.2) is 57.2 Å². The third kappa shape index (κ3) is 9.70. The van der Waals surface area contributed by atoms with Gasteiger partial charge in [0.05, 0.1) is 39.5 Å². The number of aliphatic carboxylic acids is 1. The van der Waals surface area contributed by atoms with Crippen molar-refractivity contribution in [2.24, 2.45) is 0 Å². The molecule has 0 radical (unpaired) electrons. The van der Waals surface area contributed by atoms with E-state index < -0.39 is 38.0 Å². The van der Waals surface area contributed by atoms with E-state index in [4.69, 9.17) is 18.9 Å². The van der Waals surface area contributed by atoms with E-state index in [1.165, 1.54) is 48.5 Å². The number of non-ortho nitro benzene ring substituents is 4. The van der Waals surface area contributed by atoms with Gasteiger partial charge in [-0.05, 0) is 19.3 Å². The molecule has 0 fully saturated rings. The minimum atomic E-state index is -1.36. The summed E-state index contributed by atoms with van der Waals surface area (Å²) in [7, 11) is 0. The largest absolute Gasteiger partial charge is 0.493 e. The van der Waals surface area contributed by atoms with E-state index in [0.29, 0.717) is 19.3 Å². The molecule has 1 aliphatic carbocycles. The van der Waals surface area contributed by atoms with Crippen molar-refractivity contribution in [3.05, 3.63) is 133 Å². The summed E-state index contributed by atoms with van der Waals surface area (Å²) < 4.78 is 24.6. The number of carboxylic acids is 1. The maximum Gasteiger partial charge on any atom is 0.341 e. The van der Waals surface area contributed by atoms with Crippen LogP contribution in [0.4, 0.5) is 22.7 Å².